The molecule has 0 fully saturated rings. The zero-order valence-corrected chi connectivity index (χ0v) is 20.3. The fourth-order valence-corrected chi connectivity index (χ4v) is 4.59. The molecular weight excluding hydrogens is 519 g/mol. The second-order valence-corrected chi connectivity index (χ2v) is 9.87. The van der Waals surface area contributed by atoms with E-state index in [1.54, 1.807) is 25.3 Å². The molecule has 2 aromatic rings. The number of hydrogen-bond donors (Lipinski definition) is 1. The molecule has 0 unspecified atom stereocenters. The average Bonchev–Trinajstić information content (AvgIpc) is 2.69. The number of nitrogens with zero attached hydrogens (tertiary/aromatic N) is 1. The molecule has 0 saturated heterocycles. The molecule has 0 bridgehead atoms. The maximum absolute atomic E-state index is 12.2. The van der Waals surface area contributed by atoms with E-state index in [4.69, 9.17) is 9.47 Å². The number of hydrogen-bond acceptors (Lipinski definition) is 5. The van der Waals surface area contributed by atoms with Gasteiger partial charge in [-0.2, -0.15) is 0 Å². The standard InChI is InChI=1S/C21H27IN2O5S/c1-16-15-17(22)10-11-18(16)24(30(3,26)27)13-6-9-21(25)23-12-14-29-20-8-5-4-7-19(20)28-2/h4-5,7-8,10-11,15H,6,9,12-14H2,1-3H3,(H,23,25). The van der Waals surface area contributed by atoms with Gasteiger partial charge < -0.3 is 14.8 Å². The number of carbonyl (C=O) groups is 1. The number of carbonyl (C=O) groups excluding carboxylic acids is 1. The van der Waals surface area contributed by atoms with Crippen LogP contribution in [0.15, 0.2) is 42.5 Å². The Balaban J connectivity index is 1.80. The number of halogens is 1. The van der Waals surface area contributed by atoms with Crippen molar-refractivity contribution in [1.82, 2.24) is 5.32 Å². The molecule has 2 aromatic carbocycles. The molecule has 0 heterocycles. The minimum absolute atomic E-state index is 0.147. The van der Waals surface area contributed by atoms with Gasteiger partial charge in [0.1, 0.15) is 6.61 Å². The summed E-state index contributed by atoms with van der Waals surface area (Å²) in [6, 6.07) is 12.9. The van der Waals surface area contributed by atoms with Crippen LogP contribution in [0.25, 0.3) is 0 Å². The maximum atomic E-state index is 12.2. The summed E-state index contributed by atoms with van der Waals surface area (Å²) in [4.78, 5) is 12.1. The van der Waals surface area contributed by atoms with Gasteiger partial charge in [0.2, 0.25) is 15.9 Å². The van der Waals surface area contributed by atoms with Crippen LogP contribution in [0.1, 0.15) is 18.4 Å². The van der Waals surface area contributed by atoms with Crippen LogP contribution in [0, 0.1) is 10.5 Å². The zero-order chi connectivity index (χ0) is 22.1. The van der Waals surface area contributed by atoms with Crippen LogP contribution in [0.3, 0.4) is 0 Å². The molecule has 0 atom stereocenters. The van der Waals surface area contributed by atoms with E-state index in [0.29, 0.717) is 36.8 Å². The summed E-state index contributed by atoms with van der Waals surface area (Å²) in [5, 5.41) is 2.79. The van der Waals surface area contributed by atoms with Gasteiger partial charge in [-0.05, 0) is 71.8 Å². The second-order valence-electron chi connectivity index (χ2n) is 6.72. The summed E-state index contributed by atoms with van der Waals surface area (Å²) < 4.78 is 37.7. The van der Waals surface area contributed by atoms with Crippen LogP contribution in [-0.4, -0.2) is 47.4 Å². The smallest absolute Gasteiger partial charge is 0.232 e. The third-order valence-corrected chi connectivity index (χ3v) is 6.19. The van der Waals surface area contributed by atoms with Crippen molar-refractivity contribution in [2.24, 2.45) is 0 Å². The van der Waals surface area contributed by atoms with Crippen molar-refractivity contribution in [3.63, 3.8) is 0 Å². The van der Waals surface area contributed by atoms with E-state index in [-0.39, 0.29) is 18.9 Å². The highest BCUT2D eigenvalue weighted by Gasteiger charge is 2.19. The zero-order valence-electron chi connectivity index (χ0n) is 17.4. The third kappa shape index (κ3) is 7.35. The highest BCUT2D eigenvalue weighted by molar-refractivity contribution is 14.1. The number of amides is 1. The molecule has 7 nitrogen and oxygen atoms in total. The Morgan fingerprint density at radius 3 is 2.50 bits per heavy atom. The van der Waals surface area contributed by atoms with Gasteiger partial charge in [0.15, 0.2) is 11.5 Å². The molecule has 164 valence electrons. The van der Waals surface area contributed by atoms with E-state index in [1.165, 1.54) is 10.6 Å². The summed E-state index contributed by atoms with van der Waals surface area (Å²) in [7, 11) is -1.87. The van der Waals surface area contributed by atoms with Crippen LogP contribution < -0.4 is 19.1 Å². The predicted molar refractivity (Wildman–Crippen MR) is 127 cm³/mol. The Hall–Kier alpha value is -2.01. The van der Waals surface area contributed by atoms with Gasteiger partial charge in [-0.25, -0.2) is 8.42 Å². The number of sulfonamides is 1. The van der Waals surface area contributed by atoms with Gasteiger partial charge in [0.05, 0.1) is 25.6 Å². The van der Waals surface area contributed by atoms with E-state index < -0.39 is 10.0 Å². The van der Waals surface area contributed by atoms with Crippen molar-refractivity contribution in [2.45, 2.75) is 19.8 Å². The first-order chi connectivity index (χ1) is 14.2. The van der Waals surface area contributed by atoms with Crippen molar-refractivity contribution < 1.29 is 22.7 Å². The summed E-state index contributed by atoms with van der Waals surface area (Å²) in [5.74, 6) is 1.10. The van der Waals surface area contributed by atoms with Crippen molar-refractivity contribution >= 4 is 44.2 Å². The molecule has 30 heavy (non-hydrogen) atoms. The highest BCUT2D eigenvalue weighted by atomic mass is 127. The molecule has 0 aromatic heterocycles. The largest absolute Gasteiger partial charge is 0.493 e. The number of methoxy groups -OCH3 is 1. The molecule has 9 heteroatoms. The van der Waals surface area contributed by atoms with Crippen molar-refractivity contribution in [2.75, 3.05) is 37.4 Å². The van der Waals surface area contributed by atoms with Gasteiger partial charge >= 0.3 is 0 Å². The Labute approximate surface area is 191 Å². The molecule has 0 aliphatic carbocycles. The summed E-state index contributed by atoms with van der Waals surface area (Å²) in [5.41, 5.74) is 1.52. The normalized spacial score (nSPS) is 11.1. The molecule has 0 radical (unpaired) electrons. The highest BCUT2D eigenvalue weighted by Crippen LogP contribution is 2.26. The van der Waals surface area contributed by atoms with E-state index in [0.717, 1.165) is 9.13 Å². The summed E-state index contributed by atoms with van der Waals surface area (Å²) >= 11 is 2.19. The number of nitrogens with one attached hydrogen (secondary N) is 1. The van der Waals surface area contributed by atoms with Crippen molar-refractivity contribution in [3.8, 4) is 11.5 Å². The van der Waals surface area contributed by atoms with Crippen molar-refractivity contribution in [3.05, 3.63) is 51.6 Å². The number of benzene rings is 2. The molecule has 0 aliphatic heterocycles. The Morgan fingerprint density at radius 2 is 1.87 bits per heavy atom. The monoisotopic (exact) mass is 546 g/mol. The Kier molecular flexibility index (Phi) is 9.22. The lowest BCUT2D eigenvalue weighted by atomic mass is 10.2. The first-order valence-electron chi connectivity index (χ1n) is 9.48. The molecule has 1 amide bonds. The topological polar surface area (TPSA) is 84.9 Å². The Bertz CT molecular complexity index is 966. The number of aryl methyl sites for hydroxylation is 1. The van der Waals surface area contributed by atoms with Gasteiger partial charge in [-0.15, -0.1) is 0 Å². The van der Waals surface area contributed by atoms with Crippen LogP contribution >= 0.6 is 22.6 Å². The van der Waals surface area contributed by atoms with Crippen LogP contribution in [0.5, 0.6) is 11.5 Å². The van der Waals surface area contributed by atoms with E-state index in [1.807, 2.05) is 31.2 Å². The van der Waals surface area contributed by atoms with Crippen LogP contribution in [0.2, 0.25) is 0 Å². The molecule has 1 N–H and O–H groups in total. The predicted octanol–water partition coefficient (Wildman–Crippen LogP) is 3.35. The second kappa shape index (κ2) is 11.4. The quantitative estimate of drug-likeness (QED) is 0.345. The van der Waals surface area contributed by atoms with Crippen LogP contribution in [0.4, 0.5) is 5.69 Å². The molecule has 0 saturated carbocycles. The average molecular weight is 546 g/mol. The first-order valence-corrected chi connectivity index (χ1v) is 12.4. The fraction of sp³-hybridized carbons (Fsp3) is 0.381. The number of rotatable bonds is 11. The van der Waals surface area contributed by atoms with E-state index in [2.05, 4.69) is 27.9 Å². The number of ether oxygens (including phenoxy) is 2. The minimum Gasteiger partial charge on any atom is -0.493 e. The lowest BCUT2D eigenvalue weighted by molar-refractivity contribution is -0.121. The minimum atomic E-state index is -3.44. The number of anilines is 1. The fourth-order valence-electron chi connectivity index (χ4n) is 2.92. The molecule has 0 spiro atoms. The Morgan fingerprint density at radius 1 is 1.17 bits per heavy atom. The SMILES string of the molecule is COc1ccccc1OCCNC(=O)CCCN(c1ccc(I)cc1C)S(C)(=O)=O. The number of para-hydroxylation sites is 2. The van der Waals surface area contributed by atoms with Gasteiger partial charge in [0, 0.05) is 16.5 Å². The maximum Gasteiger partial charge on any atom is 0.232 e. The molecular formula is C21H27IN2O5S. The lowest BCUT2D eigenvalue weighted by Gasteiger charge is -2.24. The van der Waals surface area contributed by atoms with E-state index in [9.17, 15) is 13.2 Å². The summed E-state index contributed by atoms with van der Waals surface area (Å²) in [6.07, 6.45) is 1.82. The first kappa shape index (κ1) is 24.3. The van der Waals surface area contributed by atoms with Crippen LogP contribution in [-0.2, 0) is 14.8 Å². The van der Waals surface area contributed by atoms with Gasteiger partial charge in [-0.1, -0.05) is 12.1 Å². The summed E-state index contributed by atoms with van der Waals surface area (Å²) in [6.45, 7) is 2.78. The van der Waals surface area contributed by atoms with Gasteiger partial charge in [0.25, 0.3) is 0 Å². The van der Waals surface area contributed by atoms with E-state index >= 15 is 0 Å². The lowest BCUT2D eigenvalue weighted by Crippen LogP contribution is -2.33. The molecule has 0 aliphatic rings. The third-order valence-electron chi connectivity index (χ3n) is 4.34. The molecule has 2 rings (SSSR count). The van der Waals surface area contributed by atoms with Crippen molar-refractivity contribution in [1.29, 1.82) is 0 Å². The van der Waals surface area contributed by atoms with Gasteiger partial charge in [-0.3, -0.25) is 9.10 Å².